The first-order valence-electron chi connectivity index (χ1n) is 3.78. The van der Waals surface area contributed by atoms with Crippen molar-refractivity contribution in [3.63, 3.8) is 0 Å². The average molecular weight is 209 g/mol. The van der Waals surface area contributed by atoms with Crippen LogP contribution in [0.4, 0.5) is 11.5 Å². The van der Waals surface area contributed by atoms with E-state index in [-0.39, 0.29) is 5.91 Å². The number of carbonyl (C=O) groups is 1. The Morgan fingerprint density at radius 3 is 3.07 bits per heavy atom. The van der Waals surface area contributed by atoms with Crippen LogP contribution in [0.2, 0.25) is 0 Å². The van der Waals surface area contributed by atoms with Gasteiger partial charge in [-0.25, -0.2) is 0 Å². The Balaban J connectivity index is 2.10. The van der Waals surface area contributed by atoms with Gasteiger partial charge in [0.1, 0.15) is 5.69 Å². The molecule has 2 heterocycles. The Kier molecular flexibility index (Phi) is 2.15. The molecule has 0 saturated heterocycles. The largest absolute Gasteiger partial charge is 0.397 e. The number of nitrogens with one attached hydrogen (secondary N) is 2. The lowest BCUT2D eigenvalue weighted by Gasteiger charge is -1.96. The number of nitrogens with zero attached hydrogens (tertiary/aromatic N) is 2. The molecule has 0 aliphatic carbocycles. The van der Waals surface area contributed by atoms with Crippen LogP contribution in [-0.2, 0) is 0 Å². The molecule has 0 bridgehead atoms. The average Bonchev–Trinajstić information content (AvgIpc) is 2.75. The summed E-state index contributed by atoms with van der Waals surface area (Å²) in [5.41, 5.74) is 6.37. The van der Waals surface area contributed by atoms with E-state index in [4.69, 9.17) is 5.73 Å². The summed E-state index contributed by atoms with van der Waals surface area (Å²) in [5.74, 6) is 0.155. The Hall–Kier alpha value is -1.89. The molecular formula is C7H7N5OS. The highest BCUT2D eigenvalue weighted by atomic mass is 32.1. The Morgan fingerprint density at radius 2 is 2.50 bits per heavy atom. The second kappa shape index (κ2) is 3.46. The van der Waals surface area contributed by atoms with Gasteiger partial charge in [-0.3, -0.25) is 4.79 Å². The first kappa shape index (κ1) is 8.70. The van der Waals surface area contributed by atoms with E-state index in [0.717, 1.165) is 0 Å². The van der Waals surface area contributed by atoms with Crippen molar-refractivity contribution in [1.29, 1.82) is 0 Å². The standard InChI is InChI=1S/C7H7N5OS/c8-4-1-5(9-2-4)7(13)10-6-3-14-12-11-6/h1-3,9H,8H2,(H,10,13). The highest BCUT2D eigenvalue weighted by Gasteiger charge is 2.08. The van der Waals surface area contributed by atoms with Gasteiger partial charge in [0.2, 0.25) is 0 Å². The monoisotopic (exact) mass is 209 g/mol. The van der Waals surface area contributed by atoms with Gasteiger partial charge in [0.25, 0.3) is 5.91 Å². The van der Waals surface area contributed by atoms with Crippen molar-refractivity contribution in [2.45, 2.75) is 0 Å². The second-order valence-electron chi connectivity index (χ2n) is 2.59. The van der Waals surface area contributed by atoms with E-state index in [9.17, 15) is 4.79 Å². The van der Waals surface area contributed by atoms with Crippen LogP contribution < -0.4 is 11.1 Å². The first-order chi connectivity index (χ1) is 6.75. The normalized spacial score (nSPS) is 10.0. The van der Waals surface area contributed by atoms with Crippen molar-refractivity contribution >= 4 is 28.9 Å². The minimum Gasteiger partial charge on any atom is -0.397 e. The number of hydrogen-bond donors (Lipinski definition) is 3. The Bertz CT molecular complexity index is 435. The number of aromatic amines is 1. The van der Waals surface area contributed by atoms with E-state index in [1.165, 1.54) is 11.5 Å². The number of amides is 1. The van der Waals surface area contributed by atoms with Gasteiger partial charge in [-0.2, -0.15) is 0 Å². The quantitative estimate of drug-likeness (QED) is 0.678. The predicted molar refractivity (Wildman–Crippen MR) is 53.1 cm³/mol. The third-order valence-corrected chi connectivity index (χ3v) is 2.06. The van der Waals surface area contributed by atoms with Crippen molar-refractivity contribution < 1.29 is 4.79 Å². The van der Waals surface area contributed by atoms with Crippen LogP contribution >= 0.6 is 11.5 Å². The smallest absolute Gasteiger partial charge is 0.273 e. The minimum atomic E-state index is -0.283. The van der Waals surface area contributed by atoms with Crippen molar-refractivity contribution in [1.82, 2.24) is 14.6 Å². The Labute approximate surface area is 83.3 Å². The zero-order valence-corrected chi connectivity index (χ0v) is 7.84. The van der Waals surface area contributed by atoms with Gasteiger partial charge in [0.05, 0.1) is 5.38 Å². The number of hydrogen-bond acceptors (Lipinski definition) is 5. The second-order valence-corrected chi connectivity index (χ2v) is 3.20. The molecular weight excluding hydrogens is 202 g/mol. The maximum absolute atomic E-state index is 11.5. The predicted octanol–water partition coefficient (Wildman–Crippen LogP) is 0.701. The van der Waals surface area contributed by atoms with Crippen LogP contribution in [0.1, 0.15) is 10.5 Å². The fourth-order valence-corrected chi connectivity index (χ4v) is 1.33. The third-order valence-electron chi connectivity index (χ3n) is 1.55. The van der Waals surface area contributed by atoms with Crippen molar-refractivity contribution in [3.8, 4) is 0 Å². The summed E-state index contributed by atoms with van der Waals surface area (Å²) >= 11 is 1.17. The fraction of sp³-hybridized carbons (Fsp3) is 0. The van der Waals surface area contributed by atoms with Crippen molar-refractivity contribution in [2.75, 3.05) is 11.1 Å². The lowest BCUT2D eigenvalue weighted by Crippen LogP contribution is -2.12. The van der Waals surface area contributed by atoms with Gasteiger partial charge in [-0.1, -0.05) is 4.49 Å². The number of nitrogens with two attached hydrogens (primary N) is 1. The van der Waals surface area contributed by atoms with Gasteiger partial charge in [0, 0.05) is 11.9 Å². The molecule has 0 radical (unpaired) electrons. The number of nitrogen functional groups attached to an aromatic ring is 1. The van der Waals surface area contributed by atoms with Gasteiger partial charge in [-0.05, 0) is 17.6 Å². The topological polar surface area (TPSA) is 96.7 Å². The lowest BCUT2D eigenvalue weighted by molar-refractivity contribution is 0.102. The molecule has 72 valence electrons. The zero-order chi connectivity index (χ0) is 9.97. The van der Waals surface area contributed by atoms with E-state index < -0.39 is 0 Å². The molecule has 6 nitrogen and oxygen atoms in total. The molecule has 0 aliphatic heterocycles. The summed E-state index contributed by atoms with van der Waals surface area (Å²) < 4.78 is 3.62. The van der Waals surface area contributed by atoms with Crippen LogP contribution in [0, 0.1) is 0 Å². The van der Waals surface area contributed by atoms with Crippen LogP contribution in [0.3, 0.4) is 0 Å². The number of H-pyrrole nitrogens is 1. The Morgan fingerprint density at radius 1 is 1.64 bits per heavy atom. The van der Waals surface area contributed by atoms with E-state index >= 15 is 0 Å². The SMILES string of the molecule is Nc1c[nH]c(C(=O)Nc2csnn2)c1. The summed E-state index contributed by atoms with van der Waals surface area (Å²) in [6.07, 6.45) is 1.55. The van der Waals surface area contributed by atoms with Gasteiger partial charge in [-0.15, -0.1) is 5.10 Å². The number of aromatic nitrogens is 3. The van der Waals surface area contributed by atoms with Gasteiger partial charge >= 0.3 is 0 Å². The molecule has 0 unspecified atom stereocenters. The van der Waals surface area contributed by atoms with Crippen molar-refractivity contribution in [3.05, 3.63) is 23.3 Å². The number of carbonyl (C=O) groups excluding carboxylic acids is 1. The minimum absolute atomic E-state index is 0.283. The molecule has 2 rings (SSSR count). The van der Waals surface area contributed by atoms with Crippen LogP contribution in [0.5, 0.6) is 0 Å². The molecule has 0 spiro atoms. The molecule has 0 atom stereocenters. The van der Waals surface area contributed by atoms with E-state index in [1.54, 1.807) is 17.6 Å². The van der Waals surface area contributed by atoms with E-state index in [2.05, 4.69) is 19.9 Å². The molecule has 2 aromatic heterocycles. The summed E-state index contributed by atoms with van der Waals surface area (Å²) in [4.78, 5) is 14.2. The molecule has 1 amide bonds. The highest BCUT2D eigenvalue weighted by molar-refractivity contribution is 7.03. The molecule has 4 N–H and O–H groups in total. The highest BCUT2D eigenvalue weighted by Crippen LogP contribution is 2.08. The maximum atomic E-state index is 11.5. The van der Waals surface area contributed by atoms with Crippen molar-refractivity contribution in [2.24, 2.45) is 0 Å². The van der Waals surface area contributed by atoms with Crippen LogP contribution in [-0.4, -0.2) is 20.5 Å². The molecule has 0 saturated carbocycles. The summed E-state index contributed by atoms with van der Waals surface area (Å²) in [6.45, 7) is 0. The zero-order valence-electron chi connectivity index (χ0n) is 7.02. The number of rotatable bonds is 2. The molecule has 0 aromatic carbocycles. The number of anilines is 2. The first-order valence-corrected chi connectivity index (χ1v) is 4.61. The van der Waals surface area contributed by atoms with Gasteiger partial charge in [0.15, 0.2) is 5.82 Å². The molecule has 14 heavy (non-hydrogen) atoms. The van der Waals surface area contributed by atoms with Crippen LogP contribution in [0.15, 0.2) is 17.6 Å². The molecule has 7 heteroatoms. The van der Waals surface area contributed by atoms with Gasteiger partial charge < -0.3 is 16.0 Å². The summed E-state index contributed by atoms with van der Waals surface area (Å²) in [6, 6.07) is 1.55. The van der Waals surface area contributed by atoms with Crippen LogP contribution in [0.25, 0.3) is 0 Å². The van der Waals surface area contributed by atoms with E-state index in [0.29, 0.717) is 17.2 Å². The molecule has 2 aromatic rings. The third kappa shape index (κ3) is 1.72. The molecule has 0 fully saturated rings. The lowest BCUT2D eigenvalue weighted by atomic mass is 10.4. The fourth-order valence-electron chi connectivity index (χ4n) is 0.945. The molecule has 0 aliphatic rings. The summed E-state index contributed by atoms with van der Waals surface area (Å²) in [5, 5.41) is 7.89. The summed E-state index contributed by atoms with van der Waals surface area (Å²) in [7, 11) is 0. The maximum Gasteiger partial charge on any atom is 0.273 e. The van der Waals surface area contributed by atoms with E-state index in [1.807, 2.05) is 0 Å².